The lowest BCUT2D eigenvalue weighted by atomic mass is 9.96. The Balaban J connectivity index is 2.52. The van der Waals surface area contributed by atoms with E-state index in [4.69, 9.17) is 4.52 Å². The van der Waals surface area contributed by atoms with Gasteiger partial charge in [-0.2, -0.15) is 0 Å². The summed E-state index contributed by atoms with van der Waals surface area (Å²) in [6.45, 7) is 3.81. The Morgan fingerprint density at radius 2 is 1.94 bits per heavy atom. The highest BCUT2D eigenvalue weighted by Gasteiger charge is 2.29. The monoisotopic (exact) mass is 246 g/mol. The topological polar surface area (TPSA) is 46.3 Å². The summed E-state index contributed by atoms with van der Waals surface area (Å²) in [6, 6.07) is 7.26. The number of benzene rings is 1. The molecule has 0 bridgehead atoms. The van der Waals surface area contributed by atoms with E-state index in [0.717, 1.165) is 11.0 Å². The lowest BCUT2D eigenvalue weighted by Crippen LogP contribution is -2.31. The van der Waals surface area contributed by atoms with Crippen LogP contribution in [0.2, 0.25) is 0 Å². The molecule has 1 aromatic carbocycles. The summed E-state index contributed by atoms with van der Waals surface area (Å²) in [5.74, 6) is 0.118. The molecule has 1 heterocycles. The van der Waals surface area contributed by atoms with Crippen LogP contribution in [0.1, 0.15) is 25.6 Å². The van der Waals surface area contributed by atoms with Crippen LogP contribution in [0.25, 0.3) is 11.0 Å². The molecule has 1 unspecified atom stereocenters. The van der Waals surface area contributed by atoms with Gasteiger partial charge >= 0.3 is 0 Å². The molecule has 1 atom stereocenters. The Morgan fingerprint density at radius 1 is 1.28 bits per heavy atom. The van der Waals surface area contributed by atoms with Crippen molar-refractivity contribution in [2.75, 3.05) is 14.1 Å². The minimum atomic E-state index is -0.353. The van der Waals surface area contributed by atoms with Crippen molar-refractivity contribution in [3.05, 3.63) is 30.0 Å². The number of likely N-dealkylation sites (N-methyl/N-ethyl adjacent to an activating group) is 1. The van der Waals surface area contributed by atoms with Crippen LogP contribution in [0, 0.1) is 5.92 Å². The zero-order valence-electron chi connectivity index (χ0n) is 11.2. The Kier molecular flexibility index (Phi) is 3.48. The third-order valence-corrected chi connectivity index (χ3v) is 3.02. The SMILES string of the molecule is CC(C)C(=O)C(c1noc2ccccc12)N(C)C. The van der Waals surface area contributed by atoms with Crippen LogP contribution in [0.3, 0.4) is 0 Å². The first kappa shape index (κ1) is 12.8. The lowest BCUT2D eigenvalue weighted by molar-refractivity contribution is -0.126. The second kappa shape index (κ2) is 4.90. The Morgan fingerprint density at radius 3 is 2.56 bits per heavy atom. The molecule has 0 aliphatic rings. The van der Waals surface area contributed by atoms with Gasteiger partial charge in [0.2, 0.25) is 0 Å². The Labute approximate surface area is 107 Å². The van der Waals surface area contributed by atoms with E-state index < -0.39 is 0 Å². The van der Waals surface area contributed by atoms with Crippen molar-refractivity contribution in [2.24, 2.45) is 5.92 Å². The number of rotatable bonds is 4. The van der Waals surface area contributed by atoms with Gasteiger partial charge < -0.3 is 4.52 Å². The number of fused-ring (bicyclic) bond motifs is 1. The summed E-state index contributed by atoms with van der Waals surface area (Å²) in [5.41, 5.74) is 1.42. The van der Waals surface area contributed by atoms with Crippen LogP contribution in [0.15, 0.2) is 28.8 Å². The van der Waals surface area contributed by atoms with Crippen molar-refractivity contribution in [3.8, 4) is 0 Å². The molecule has 0 aliphatic heterocycles. The van der Waals surface area contributed by atoms with Crippen LogP contribution in [-0.4, -0.2) is 29.9 Å². The summed E-state index contributed by atoms with van der Waals surface area (Å²) >= 11 is 0. The number of carbonyl (C=O) groups is 1. The zero-order chi connectivity index (χ0) is 13.3. The first-order valence-electron chi connectivity index (χ1n) is 6.07. The van der Waals surface area contributed by atoms with Crippen molar-refractivity contribution in [1.82, 2.24) is 10.1 Å². The molecule has 0 radical (unpaired) electrons. The van der Waals surface area contributed by atoms with E-state index in [1.54, 1.807) is 0 Å². The molecular formula is C14H18N2O2. The van der Waals surface area contributed by atoms with Crippen molar-refractivity contribution in [1.29, 1.82) is 0 Å². The molecule has 18 heavy (non-hydrogen) atoms. The molecule has 0 amide bonds. The van der Waals surface area contributed by atoms with Gasteiger partial charge in [-0.05, 0) is 26.2 Å². The maximum absolute atomic E-state index is 12.3. The lowest BCUT2D eigenvalue weighted by Gasteiger charge is -2.22. The molecule has 0 N–H and O–H groups in total. The molecule has 2 aromatic rings. The summed E-state index contributed by atoms with van der Waals surface area (Å²) in [7, 11) is 3.77. The second-order valence-electron chi connectivity index (χ2n) is 4.99. The van der Waals surface area contributed by atoms with E-state index >= 15 is 0 Å². The van der Waals surface area contributed by atoms with Gasteiger partial charge in [-0.15, -0.1) is 0 Å². The minimum Gasteiger partial charge on any atom is -0.356 e. The fraction of sp³-hybridized carbons (Fsp3) is 0.429. The summed E-state index contributed by atoms with van der Waals surface area (Å²) in [4.78, 5) is 14.2. The average Bonchev–Trinajstić information content (AvgIpc) is 2.73. The van der Waals surface area contributed by atoms with E-state index in [9.17, 15) is 4.79 Å². The number of ketones is 1. The summed E-state index contributed by atoms with van der Waals surface area (Å²) in [5, 5.41) is 4.99. The van der Waals surface area contributed by atoms with E-state index in [-0.39, 0.29) is 17.7 Å². The number of nitrogens with zero attached hydrogens (tertiary/aromatic N) is 2. The zero-order valence-corrected chi connectivity index (χ0v) is 11.2. The summed E-state index contributed by atoms with van der Waals surface area (Å²) < 4.78 is 5.28. The van der Waals surface area contributed by atoms with E-state index in [0.29, 0.717) is 5.69 Å². The maximum Gasteiger partial charge on any atom is 0.167 e. The third-order valence-electron chi connectivity index (χ3n) is 3.02. The highest BCUT2D eigenvalue weighted by atomic mass is 16.5. The standard InChI is InChI=1S/C14H18N2O2/c1-9(2)14(17)13(16(3)4)12-10-7-5-6-8-11(10)18-15-12/h5-9,13H,1-4H3. The first-order chi connectivity index (χ1) is 8.52. The van der Waals surface area contributed by atoms with Crippen molar-refractivity contribution in [2.45, 2.75) is 19.9 Å². The highest BCUT2D eigenvalue weighted by Crippen LogP contribution is 2.28. The van der Waals surface area contributed by atoms with Crippen molar-refractivity contribution >= 4 is 16.8 Å². The largest absolute Gasteiger partial charge is 0.356 e. The van der Waals surface area contributed by atoms with Crippen LogP contribution >= 0.6 is 0 Å². The van der Waals surface area contributed by atoms with Crippen molar-refractivity contribution < 1.29 is 9.32 Å². The van der Waals surface area contributed by atoms with Gasteiger partial charge in [0.15, 0.2) is 11.4 Å². The fourth-order valence-electron chi connectivity index (χ4n) is 2.05. The van der Waals surface area contributed by atoms with Gasteiger partial charge in [0, 0.05) is 11.3 Å². The Bertz CT molecular complexity index is 558. The molecule has 1 aromatic heterocycles. The van der Waals surface area contributed by atoms with Crippen molar-refractivity contribution in [3.63, 3.8) is 0 Å². The van der Waals surface area contributed by atoms with E-state index in [1.165, 1.54) is 0 Å². The van der Waals surface area contributed by atoms with E-state index in [1.807, 2.05) is 57.1 Å². The minimum absolute atomic E-state index is 0.0344. The Hall–Kier alpha value is -1.68. The number of Topliss-reactive ketones (excluding diaryl/α,β-unsaturated/α-hetero) is 1. The van der Waals surface area contributed by atoms with Crippen LogP contribution in [-0.2, 0) is 4.79 Å². The molecule has 0 fully saturated rings. The number of aromatic nitrogens is 1. The predicted octanol–water partition coefficient (Wildman–Crippen LogP) is 2.66. The summed E-state index contributed by atoms with van der Waals surface area (Å²) in [6.07, 6.45) is 0. The molecule has 96 valence electrons. The number of carbonyl (C=O) groups excluding carboxylic acids is 1. The van der Waals surface area contributed by atoms with Gasteiger partial charge in [-0.1, -0.05) is 31.1 Å². The molecule has 4 nitrogen and oxygen atoms in total. The molecule has 4 heteroatoms. The third kappa shape index (κ3) is 2.16. The number of hydrogen-bond acceptors (Lipinski definition) is 4. The highest BCUT2D eigenvalue weighted by molar-refractivity contribution is 5.91. The quantitative estimate of drug-likeness (QED) is 0.832. The van der Waals surface area contributed by atoms with Gasteiger partial charge in [0.05, 0.1) is 0 Å². The fourth-order valence-corrected chi connectivity index (χ4v) is 2.05. The molecule has 2 rings (SSSR count). The number of hydrogen-bond donors (Lipinski definition) is 0. The number of para-hydroxylation sites is 1. The molecule has 0 aliphatic carbocycles. The predicted molar refractivity (Wildman–Crippen MR) is 70.3 cm³/mol. The second-order valence-corrected chi connectivity index (χ2v) is 4.99. The maximum atomic E-state index is 12.3. The van der Waals surface area contributed by atoms with Crippen LogP contribution in [0.4, 0.5) is 0 Å². The van der Waals surface area contributed by atoms with Gasteiger partial charge in [-0.3, -0.25) is 9.69 Å². The van der Waals surface area contributed by atoms with Gasteiger partial charge in [0.25, 0.3) is 0 Å². The van der Waals surface area contributed by atoms with Crippen LogP contribution < -0.4 is 0 Å². The normalized spacial score (nSPS) is 13.4. The molecule has 0 spiro atoms. The average molecular weight is 246 g/mol. The van der Waals surface area contributed by atoms with E-state index in [2.05, 4.69) is 5.16 Å². The van der Waals surface area contributed by atoms with Gasteiger partial charge in [-0.25, -0.2) is 0 Å². The molecule has 0 saturated heterocycles. The van der Waals surface area contributed by atoms with Gasteiger partial charge in [0.1, 0.15) is 11.7 Å². The molecular weight excluding hydrogens is 228 g/mol. The smallest absolute Gasteiger partial charge is 0.167 e. The van der Waals surface area contributed by atoms with Crippen LogP contribution in [0.5, 0.6) is 0 Å². The molecule has 0 saturated carbocycles. The first-order valence-corrected chi connectivity index (χ1v) is 6.07.